The Morgan fingerprint density at radius 2 is 2.11 bits per heavy atom. The number of rotatable bonds is 3. The minimum Gasteiger partial charge on any atom is -0.350 e. The van der Waals surface area contributed by atoms with Gasteiger partial charge in [0.15, 0.2) is 0 Å². The summed E-state index contributed by atoms with van der Waals surface area (Å²) in [5, 5.41) is 11.1. The molecule has 90 valence electrons. The first-order valence-corrected chi connectivity index (χ1v) is 5.77. The minimum absolute atomic E-state index is 0.634. The third kappa shape index (κ3) is 2.02. The minimum atomic E-state index is 0.634. The number of aromatic nitrogens is 4. The van der Waals surface area contributed by atoms with Crippen molar-refractivity contribution < 1.29 is 0 Å². The topological polar surface area (TPSA) is 66.5 Å². The Hall–Kier alpha value is -2.43. The van der Waals surface area contributed by atoms with Gasteiger partial charge in [0.2, 0.25) is 5.95 Å². The van der Waals surface area contributed by atoms with E-state index in [0.717, 1.165) is 22.2 Å². The van der Waals surface area contributed by atoms with Gasteiger partial charge in [-0.05, 0) is 13.0 Å². The van der Waals surface area contributed by atoms with E-state index in [1.165, 1.54) is 0 Å². The van der Waals surface area contributed by atoms with Gasteiger partial charge in [-0.1, -0.05) is 18.2 Å². The fourth-order valence-electron chi connectivity index (χ4n) is 1.79. The second kappa shape index (κ2) is 4.44. The number of aryl methyl sites for hydroxylation is 1. The normalized spacial score (nSPS) is 10.7. The molecule has 0 atom stereocenters. The van der Waals surface area contributed by atoms with Crippen molar-refractivity contribution in [2.24, 2.45) is 0 Å². The van der Waals surface area contributed by atoms with E-state index in [0.29, 0.717) is 12.5 Å². The molecular formula is C13H13N5. The highest BCUT2D eigenvalue weighted by Crippen LogP contribution is 2.12. The summed E-state index contributed by atoms with van der Waals surface area (Å²) in [6, 6.07) is 7.93. The van der Waals surface area contributed by atoms with Crippen LogP contribution in [-0.4, -0.2) is 20.2 Å². The standard InChI is InChI=1S/C13H13N5/c1-9-11(8-16-18-9)7-15-13-14-6-10-4-2-3-5-12(10)17-13/h2-6,8H,7H2,1H3,(H,16,18)(H,14,15,17). The fraction of sp³-hybridized carbons (Fsp3) is 0.154. The summed E-state index contributed by atoms with van der Waals surface area (Å²) in [4.78, 5) is 8.73. The lowest BCUT2D eigenvalue weighted by Gasteiger charge is -2.04. The first-order valence-electron chi connectivity index (χ1n) is 5.77. The zero-order chi connectivity index (χ0) is 12.4. The highest BCUT2D eigenvalue weighted by atomic mass is 15.1. The maximum absolute atomic E-state index is 4.45. The molecule has 0 saturated heterocycles. The van der Waals surface area contributed by atoms with Crippen LogP contribution in [0.15, 0.2) is 36.7 Å². The Kier molecular flexibility index (Phi) is 2.64. The van der Waals surface area contributed by atoms with E-state index >= 15 is 0 Å². The van der Waals surface area contributed by atoms with Crippen LogP contribution in [0.1, 0.15) is 11.3 Å². The summed E-state index contributed by atoms with van der Waals surface area (Å²) in [5.74, 6) is 0.634. The molecule has 0 bridgehead atoms. The molecule has 5 nitrogen and oxygen atoms in total. The molecule has 0 unspecified atom stereocenters. The van der Waals surface area contributed by atoms with Gasteiger partial charge in [0.1, 0.15) is 0 Å². The smallest absolute Gasteiger partial charge is 0.223 e. The summed E-state index contributed by atoms with van der Waals surface area (Å²) in [6.07, 6.45) is 3.64. The summed E-state index contributed by atoms with van der Waals surface area (Å²) in [7, 11) is 0. The van der Waals surface area contributed by atoms with Crippen LogP contribution >= 0.6 is 0 Å². The lowest BCUT2D eigenvalue weighted by atomic mass is 10.2. The molecule has 2 heterocycles. The molecule has 0 radical (unpaired) electrons. The quantitative estimate of drug-likeness (QED) is 0.735. The molecule has 0 aliphatic rings. The van der Waals surface area contributed by atoms with E-state index in [1.807, 2.05) is 43.6 Å². The summed E-state index contributed by atoms with van der Waals surface area (Å²) in [5.41, 5.74) is 3.12. The second-order valence-electron chi connectivity index (χ2n) is 4.13. The lowest BCUT2D eigenvalue weighted by Crippen LogP contribution is -2.03. The molecule has 3 rings (SSSR count). The number of hydrogen-bond acceptors (Lipinski definition) is 4. The monoisotopic (exact) mass is 239 g/mol. The van der Waals surface area contributed by atoms with E-state index in [9.17, 15) is 0 Å². The first kappa shape index (κ1) is 10.7. The van der Waals surface area contributed by atoms with Crippen molar-refractivity contribution >= 4 is 16.9 Å². The van der Waals surface area contributed by atoms with Crippen molar-refractivity contribution in [3.63, 3.8) is 0 Å². The molecule has 0 saturated carbocycles. The number of hydrogen-bond donors (Lipinski definition) is 2. The van der Waals surface area contributed by atoms with Gasteiger partial charge in [-0.3, -0.25) is 5.10 Å². The first-order chi connectivity index (χ1) is 8.83. The number of fused-ring (bicyclic) bond motifs is 1. The number of H-pyrrole nitrogens is 1. The van der Waals surface area contributed by atoms with Crippen LogP contribution in [0.2, 0.25) is 0 Å². The average molecular weight is 239 g/mol. The van der Waals surface area contributed by atoms with Gasteiger partial charge in [-0.25, -0.2) is 9.97 Å². The van der Waals surface area contributed by atoms with Crippen LogP contribution in [0, 0.1) is 6.92 Å². The number of nitrogens with zero attached hydrogens (tertiary/aromatic N) is 3. The van der Waals surface area contributed by atoms with E-state index in [4.69, 9.17) is 0 Å². The van der Waals surface area contributed by atoms with Crippen molar-refractivity contribution in [3.05, 3.63) is 47.9 Å². The number of para-hydroxylation sites is 1. The number of aromatic amines is 1. The van der Waals surface area contributed by atoms with Crippen LogP contribution in [0.25, 0.3) is 10.9 Å². The molecule has 0 aliphatic carbocycles. The van der Waals surface area contributed by atoms with Gasteiger partial charge in [-0.15, -0.1) is 0 Å². The SMILES string of the molecule is Cc1[nH]ncc1CNc1ncc2ccccc2n1. The molecule has 0 fully saturated rings. The zero-order valence-electron chi connectivity index (χ0n) is 10.0. The molecule has 1 aromatic carbocycles. The Balaban J connectivity index is 1.81. The maximum Gasteiger partial charge on any atom is 0.223 e. The molecule has 5 heteroatoms. The van der Waals surface area contributed by atoms with Crippen molar-refractivity contribution in [3.8, 4) is 0 Å². The third-order valence-electron chi connectivity index (χ3n) is 2.86. The van der Waals surface area contributed by atoms with Gasteiger partial charge in [0.25, 0.3) is 0 Å². The Bertz CT molecular complexity index is 674. The molecule has 2 N–H and O–H groups in total. The van der Waals surface area contributed by atoms with Crippen molar-refractivity contribution in [1.29, 1.82) is 0 Å². The lowest BCUT2D eigenvalue weighted by molar-refractivity contribution is 1.03. The van der Waals surface area contributed by atoms with Crippen LogP contribution in [0.4, 0.5) is 5.95 Å². The predicted molar refractivity (Wildman–Crippen MR) is 70.2 cm³/mol. The number of anilines is 1. The number of benzene rings is 1. The van der Waals surface area contributed by atoms with Gasteiger partial charge in [0, 0.05) is 29.4 Å². The highest BCUT2D eigenvalue weighted by Gasteiger charge is 2.02. The van der Waals surface area contributed by atoms with Crippen molar-refractivity contribution in [2.45, 2.75) is 13.5 Å². The fourth-order valence-corrected chi connectivity index (χ4v) is 1.79. The largest absolute Gasteiger partial charge is 0.350 e. The van der Waals surface area contributed by atoms with Crippen LogP contribution in [0.3, 0.4) is 0 Å². The zero-order valence-corrected chi connectivity index (χ0v) is 10.0. The Labute approximate surface area is 104 Å². The van der Waals surface area contributed by atoms with E-state index in [1.54, 1.807) is 0 Å². The highest BCUT2D eigenvalue weighted by molar-refractivity contribution is 5.78. The average Bonchev–Trinajstić information content (AvgIpc) is 2.82. The van der Waals surface area contributed by atoms with Gasteiger partial charge < -0.3 is 5.32 Å². The summed E-state index contributed by atoms with van der Waals surface area (Å²) < 4.78 is 0. The van der Waals surface area contributed by atoms with Crippen LogP contribution < -0.4 is 5.32 Å². The molecule has 0 aliphatic heterocycles. The molecule has 2 aromatic heterocycles. The molecule has 0 amide bonds. The van der Waals surface area contributed by atoms with Gasteiger partial charge >= 0.3 is 0 Å². The number of nitrogens with one attached hydrogen (secondary N) is 2. The maximum atomic E-state index is 4.45. The van der Waals surface area contributed by atoms with Crippen LogP contribution in [0.5, 0.6) is 0 Å². The third-order valence-corrected chi connectivity index (χ3v) is 2.86. The molecular weight excluding hydrogens is 226 g/mol. The van der Waals surface area contributed by atoms with E-state index in [2.05, 4.69) is 25.5 Å². The predicted octanol–water partition coefficient (Wildman–Crippen LogP) is 2.27. The van der Waals surface area contributed by atoms with E-state index in [-0.39, 0.29) is 0 Å². The summed E-state index contributed by atoms with van der Waals surface area (Å²) >= 11 is 0. The van der Waals surface area contributed by atoms with Crippen LogP contribution in [-0.2, 0) is 6.54 Å². The van der Waals surface area contributed by atoms with Crippen molar-refractivity contribution in [2.75, 3.05) is 5.32 Å². The van der Waals surface area contributed by atoms with Gasteiger partial charge in [0.05, 0.1) is 11.7 Å². The Morgan fingerprint density at radius 1 is 1.22 bits per heavy atom. The second-order valence-corrected chi connectivity index (χ2v) is 4.13. The molecule has 18 heavy (non-hydrogen) atoms. The molecule has 0 spiro atoms. The Morgan fingerprint density at radius 3 is 2.94 bits per heavy atom. The molecule has 3 aromatic rings. The van der Waals surface area contributed by atoms with E-state index < -0.39 is 0 Å². The summed E-state index contributed by atoms with van der Waals surface area (Å²) in [6.45, 7) is 2.66. The van der Waals surface area contributed by atoms with Crippen molar-refractivity contribution in [1.82, 2.24) is 20.2 Å². The van der Waals surface area contributed by atoms with Gasteiger partial charge in [-0.2, -0.15) is 5.10 Å².